The van der Waals surface area contributed by atoms with Crippen LogP contribution in [0.5, 0.6) is 0 Å². The van der Waals surface area contributed by atoms with E-state index in [-0.39, 0.29) is 6.17 Å². The van der Waals surface area contributed by atoms with E-state index in [1.54, 1.807) is 10.9 Å². The van der Waals surface area contributed by atoms with Crippen LogP contribution in [0, 0.1) is 0 Å². The summed E-state index contributed by atoms with van der Waals surface area (Å²) < 4.78 is 1.63. The van der Waals surface area contributed by atoms with Crippen LogP contribution in [0.15, 0.2) is 29.8 Å². The highest BCUT2D eigenvalue weighted by Crippen LogP contribution is 2.16. The molecule has 1 atom stereocenters. The Morgan fingerprint density at radius 2 is 2.21 bits per heavy atom. The number of hydrogen-bond donors (Lipinski definition) is 2. The molecule has 0 aliphatic carbocycles. The first-order chi connectivity index (χ1) is 9.16. The van der Waals surface area contributed by atoms with Crippen molar-refractivity contribution in [3.63, 3.8) is 0 Å². The molecule has 3 rings (SSSR count). The molecule has 8 nitrogen and oxygen atoms in total. The second-order valence-corrected chi connectivity index (χ2v) is 4.42. The third kappa shape index (κ3) is 1.91. The Labute approximate surface area is 109 Å². The number of nitrogens with zero attached hydrogens (tertiary/aromatic N) is 6. The molecule has 1 aliphatic heterocycles. The monoisotopic (exact) mass is 258 g/mol. The number of nitrogens with two attached hydrogens (primary N) is 1. The minimum absolute atomic E-state index is 0.0743. The number of aromatic nitrogens is 4. The maximum absolute atomic E-state index is 5.78. The van der Waals surface area contributed by atoms with E-state index in [0.29, 0.717) is 22.7 Å². The average molecular weight is 258 g/mol. The van der Waals surface area contributed by atoms with Gasteiger partial charge in [0.15, 0.2) is 11.5 Å². The molecule has 2 aromatic rings. The lowest BCUT2D eigenvalue weighted by atomic mass is 10.3. The molecule has 2 aromatic heterocycles. The van der Waals surface area contributed by atoms with Gasteiger partial charge in [-0.3, -0.25) is 10.3 Å². The molecule has 0 amide bonds. The van der Waals surface area contributed by atoms with Gasteiger partial charge < -0.3 is 5.73 Å². The van der Waals surface area contributed by atoms with Crippen molar-refractivity contribution in [2.24, 2.45) is 5.10 Å². The van der Waals surface area contributed by atoms with Crippen LogP contribution in [0.4, 0.5) is 5.82 Å². The van der Waals surface area contributed by atoms with E-state index in [1.807, 2.05) is 31.1 Å². The van der Waals surface area contributed by atoms with Crippen molar-refractivity contribution >= 4 is 22.7 Å². The normalized spacial score (nSPS) is 18.7. The molecule has 0 radical (unpaired) electrons. The van der Waals surface area contributed by atoms with Crippen LogP contribution in [-0.4, -0.2) is 50.7 Å². The summed E-state index contributed by atoms with van der Waals surface area (Å²) in [4.78, 5) is 10.1. The van der Waals surface area contributed by atoms with Gasteiger partial charge in [-0.05, 0) is 26.2 Å². The zero-order valence-corrected chi connectivity index (χ0v) is 10.6. The second kappa shape index (κ2) is 4.32. The van der Waals surface area contributed by atoms with Crippen molar-refractivity contribution in [3.8, 4) is 0 Å². The Hall–Kier alpha value is -2.48. The van der Waals surface area contributed by atoms with Gasteiger partial charge in [0.05, 0.1) is 11.6 Å². The molecule has 19 heavy (non-hydrogen) atoms. The van der Waals surface area contributed by atoms with Crippen molar-refractivity contribution < 1.29 is 0 Å². The van der Waals surface area contributed by atoms with Crippen LogP contribution in [0.25, 0.3) is 11.0 Å². The predicted octanol–water partition coefficient (Wildman–Crippen LogP) is -0.383. The van der Waals surface area contributed by atoms with E-state index in [0.717, 1.165) is 0 Å². The van der Waals surface area contributed by atoms with E-state index in [2.05, 4.69) is 25.6 Å². The maximum atomic E-state index is 5.78. The van der Waals surface area contributed by atoms with Crippen molar-refractivity contribution in [2.45, 2.75) is 6.17 Å². The summed E-state index contributed by atoms with van der Waals surface area (Å²) in [5, 5.41) is 9.26. The minimum Gasteiger partial charge on any atom is -0.383 e. The van der Waals surface area contributed by atoms with E-state index >= 15 is 0 Å². The molecular weight excluding hydrogens is 244 g/mol. The average Bonchev–Trinajstić information content (AvgIpc) is 2.84. The lowest BCUT2D eigenvalue weighted by Gasteiger charge is -2.23. The molecule has 8 heteroatoms. The molecule has 3 heterocycles. The lowest BCUT2D eigenvalue weighted by molar-refractivity contribution is 0.297. The summed E-state index contributed by atoms with van der Waals surface area (Å²) in [7, 11) is 3.94. The van der Waals surface area contributed by atoms with Crippen LogP contribution < -0.4 is 11.2 Å². The number of nitrogens with one attached hydrogen (secondary N) is 1. The molecule has 1 aliphatic rings. The summed E-state index contributed by atoms with van der Waals surface area (Å²) in [5.41, 5.74) is 9.44. The maximum Gasteiger partial charge on any atom is 0.175 e. The Balaban J connectivity index is 1.99. The Bertz CT molecular complexity index is 668. The standard InChI is InChI=1S/C11H14N8/c1-18(2)8-3-4-9(17-16-8)19-11-7(5-15-19)10(12)13-6-14-11/h3-6,8,16H,1-2H3,(H2,12,13,14). The van der Waals surface area contributed by atoms with E-state index in [9.17, 15) is 0 Å². The second-order valence-electron chi connectivity index (χ2n) is 4.42. The summed E-state index contributed by atoms with van der Waals surface area (Å²) in [6.07, 6.45) is 7.02. The van der Waals surface area contributed by atoms with Crippen LogP contribution in [-0.2, 0) is 0 Å². The summed E-state index contributed by atoms with van der Waals surface area (Å²) in [6.45, 7) is 0. The van der Waals surface area contributed by atoms with Crippen molar-refractivity contribution in [2.75, 3.05) is 19.8 Å². The molecule has 98 valence electrons. The van der Waals surface area contributed by atoms with Gasteiger partial charge in [-0.1, -0.05) is 0 Å². The molecule has 0 fully saturated rings. The fraction of sp³-hybridized carbons (Fsp3) is 0.273. The highest BCUT2D eigenvalue weighted by molar-refractivity contribution is 6.01. The van der Waals surface area contributed by atoms with Crippen LogP contribution in [0.1, 0.15) is 0 Å². The molecule has 3 N–H and O–H groups in total. The Morgan fingerprint density at radius 3 is 2.89 bits per heavy atom. The Kier molecular flexibility index (Phi) is 2.64. The first-order valence-corrected chi connectivity index (χ1v) is 5.79. The third-order valence-corrected chi connectivity index (χ3v) is 2.91. The molecular formula is C11H14N8. The smallest absolute Gasteiger partial charge is 0.175 e. The van der Waals surface area contributed by atoms with Crippen LogP contribution >= 0.6 is 0 Å². The SMILES string of the molecule is CN(C)C1C=CC(n2ncc3c(N)ncnc32)=NN1. The van der Waals surface area contributed by atoms with Crippen molar-refractivity contribution in [3.05, 3.63) is 24.7 Å². The van der Waals surface area contributed by atoms with Gasteiger partial charge in [0.2, 0.25) is 0 Å². The van der Waals surface area contributed by atoms with Gasteiger partial charge >= 0.3 is 0 Å². The molecule has 0 saturated heterocycles. The highest BCUT2D eigenvalue weighted by atomic mass is 15.5. The Morgan fingerprint density at radius 1 is 1.37 bits per heavy atom. The number of nitrogen functional groups attached to an aromatic ring is 1. The number of hydrogen-bond acceptors (Lipinski definition) is 7. The van der Waals surface area contributed by atoms with Crippen LogP contribution in [0.3, 0.4) is 0 Å². The lowest BCUT2D eigenvalue weighted by Crippen LogP contribution is -2.40. The summed E-state index contributed by atoms with van der Waals surface area (Å²) >= 11 is 0. The summed E-state index contributed by atoms with van der Waals surface area (Å²) in [5.74, 6) is 1.07. The molecule has 0 aromatic carbocycles. The van der Waals surface area contributed by atoms with Gasteiger partial charge in [-0.2, -0.15) is 14.9 Å². The first-order valence-electron chi connectivity index (χ1n) is 5.79. The van der Waals surface area contributed by atoms with Gasteiger partial charge in [-0.15, -0.1) is 0 Å². The quantitative estimate of drug-likeness (QED) is 0.723. The van der Waals surface area contributed by atoms with E-state index in [1.165, 1.54) is 6.33 Å². The number of fused-ring (bicyclic) bond motifs is 1. The first kappa shape index (κ1) is 11.6. The fourth-order valence-electron chi connectivity index (χ4n) is 1.83. The number of rotatable bonds is 1. The molecule has 0 saturated carbocycles. The highest BCUT2D eigenvalue weighted by Gasteiger charge is 2.15. The molecule has 0 bridgehead atoms. The largest absolute Gasteiger partial charge is 0.383 e. The topological polar surface area (TPSA) is 97.2 Å². The molecule has 1 unspecified atom stereocenters. The van der Waals surface area contributed by atoms with Gasteiger partial charge in [0.25, 0.3) is 0 Å². The number of allylic oxidation sites excluding steroid dienone is 1. The van der Waals surface area contributed by atoms with Gasteiger partial charge in [0, 0.05) is 0 Å². The fourth-order valence-corrected chi connectivity index (χ4v) is 1.83. The number of hydrazone groups is 1. The van der Waals surface area contributed by atoms with Crippen molar-refractivity contribution in [1.82, 2.24) is 30.1 Å². The van der Waals surface area contributed by atoms with Crippen molar-refractivity contribution in [1.29, 1.82) is 0 Å². The van der Waals surface area contributed by atoms with E-state index in [4.69, 9.17) is 5.73 Å². The molecule has 0 spiro atoms. The van der Waals surface area contributed by atoms with Gasteiger partial charge in [0.1, 0.15) is 18.3 Å². The van der Waals surface area contributed by atoms with Gasteiger partial charge in [-0.25, -0.2) is 9.97 Å². The third-order valence-electron chi connectivity index (χ3n) is 2.91. The number of likely N-dealkylation sites (N-methyl/N-ethyl adjacent to an activating group) is 1. The number of anilines is 1. The van der Waals surface area contributed by atoms with Crippen LogP contribution in [0.2, 0.25) is 0 Å². The summed E-state index contributed by atoms with van der Waals surface area (Å²) in [6, 6.07) is 0. The minimum atomic E-state index is 0.0743. The predicted molar refractivity (Wildman–Crippen MR) is 72.3 cm³/mol. The zero-order chi connectivity index (χ0) is 13.4. The van der Waals surface area contributed by atoms with E-state index < -0.39 is 0 Å². The zero-order valence-electron chi connectivity index (χ0n) is 10.6.